The van der Waals surface area contributed by atoms with Crippen LogP contribution in [-0.4, -0.2) is 49.0 Å². The van der Waals surface area contributed by atoms with Crippen LogP contribution in [0.15, 0.2) is 21.6 Å². The van der Waals surface area contributed by atoms with Gasteiger partial charge in [-0.15, -0.1) is 0 Å². The first-order valence-corrected chi connectivity index (χ1v) is 9.63. The van der Waals surface area contributed by atoms with Gasteiger partial charge < -0.3 is 14.4 Å². The van der Waals surface area contributed by atoms with E-state index in [1.54, 1.807) is 23.9 Å². The van der Waals surface area contributed by atoms with Crippen molar-refractivity contribution in [3.8, 4) is 0 Å². The first kappa shape index (κ1) is 19.3. The van der Waals surface area contributed by atoms with E-state index in [2.05, 4.69) is 31.6 Å². The van der Waals surface area contributed by atoms with Crippen molar-refractivity contribution in [3.63, 3.8) is 0 Å². The van der Waals surface area contributed by atoms with Crippen LogP contribution < -0.4 is 5.76 Å². The highest BCUT2D eigenvalue weighted by Gasteiger charge is 2.37. The van der Waals surface area contributed by atoms with Crippen molar-refractivity contribution < 1.29 is 19.2 Å². The molecule has 2 aliphatic rings. The monoisotopic (exact) mass is 401 g/mol. The van der Waals surface area contributed by atoms with E-state index in [0.717, 1.165) is 38.2 Å². The van der Waals surface area contributed by atoms with Crippen LogP contribution in [0.1, 0.15) is 60.0 Å². The van der Waals surface area contributed by atoms with Crippen molar-refractivity contribution in [3.05, 3.63) is 40.0 Å². The SMILES string of the molecule is CC1CC1c1noc(=O)[nH]1.Cn1c(C(=O)O)cc2nc(C3CCOCC3)cnc21. The Labute approximate surface area is 165 Å². The summed E-state index contributed by atoms with van der Waals surface area (Å²) in [5.41, 5.74) is 2.38. The fourth-order valence-corrected chi connectivity index (χ4v) is 3.61. The fraction of sp³-hybridized carbons (Fsp3) is 0.526. The summed E-state index contributed by atoms with van der Waals surface area (Å²) in [6.45, 7) is 3.62. The van der Waals surface area contributed by atoms with Crippen LogP contribution in [0.3, 0.4) is 0 Å². The summed E-state index contributed by atoms with van der Waals surface area (Å²) >= 11 is 0. The maximum Gasteiger partial charge on any atom is 0.438 e. The molecule has 29 heavy (non-hydrogen) atoms. The number of aromatic nitrogens is 5. The molecule has 154 valence electrons. The Morgan fingerprint density at radius 2 is 2.07 bits per heavy atom. The summed E-state index contributed by atoms with van der Waals surface area (Å²) in [6, 6.07) is 1.58. The smallest absolute Gasteiger partial charge is 0.438 e. The average molecular weight is 401 g/mol. The van der Waals surface area contributed by atoms with E-state index in [9.17, 15) is 9.59 Å². The number of hydrogen-bond donors (Lipinski definition) is 2. The minimum absolute atomic E-state index is 0.208. The van der Waals surface area contributed by atoms with Gasteiger partial charge in [0.2, 0.25) is 0 Å². The average Bonchev–Trinajstić information content (AvgIpc) is 3.14. The summed E-state index contributed by atoms with van der Waals surface area (Å²) in [4.78, 5) is 33.0. The lowest BCUT2D eigenvalue weighted by Gasteiger charge is -2.21. The van der Waals surface area contributed by atoms with E-state index < -0.39 is 11.7 Å². The van der Waals surface area contributed by atoms with Crippen molar-refractivity contribution in [1.82, 2.24) is 24.7 Å². The van der Waals surface area contributed by atoms with E-state index in [1.165, 1.54) is 0 Å². The molecule has 2 fully saturated rings. The molecule has 0 spiro atoms. The van der Waals surface area contributed by atoms with Crippen molar-refractivity contribution >= 4 is 17.1 Å². The number of nitrogens with zero attached hydrogens (tertiary/aromatic N) is 4. The topological polar surface area (TPSA) is 136 Å². The van der Waals surface area contributed by atoms with Gasteiger partial charge in [-0.1, -0.05) is 12.1 Å². The Hall–Kier alpha value is -3.01. The Morgan fingerprint density at radius 1 is 1.34 bits per heavy atom. The lowest BCUT2D eigenvalue weighted by Crippen LogP contribution is -2.15. The van der Waals surface area contributed by atoms with Crippen LogP contribution in [0.4, 0.5) is 0 Å². The van der Waals surface area contributed by atoms with Gasteiger partial charge in [-0.3, -0.25) is 9.51 Å². The van der Waals surface area contributed by atoms with Crippen LogP contribution in [0.2, 0.25) is 0 Å². The number of carbonyl (C=O) groups is 1. The summed E-state index contributed by atoms with van der Waals surface area (Å²) in [6.07, 6.45) is 4.75. The first-order chi connectivity index (χ1) is 13.9. The van der Waals surface area contributed by atoms with Gasteiger partial charge in [0.15, 0.2) is 11.5 Å². The van der Waals surface area contributed by atoms with Gasteiger partial charge in [-0.05, 0) is 31.2 Å². The first-order valence-electron chi connectivity index (χ1n) is 9.63. The van der Waals surface area contributed by atoms with Gasteiger partial charge in [0.25, 0.3) is 0 Å². The lowest BCUT2D eigenvalue weighted by molar-refractivity contribution is 0.0687. The molecule has 0 amide bonds. The predicted molar refractivity (Wildman–Crippen MR) is 102 cm³/mol. The zero-order valence-electron chi connectivity index (χ0n) is 16.3. The van der Waals surface area contributed by atoms with E-state index in [0.29, 0.717) is 34.7 Å². The molecule has 0 bridgehead atoms. The van der Waals surface area contributed by atoms with Crippen LogP contribution >= 0.6 is 0 Å². The molecule has 1 saturated heterocycles. The number of carboxylic acids is 1. The molecule has 1 saturated carbocycles. The Bertz CT molecular complexity index is 1080. The molecule has 0 aromatic carbocycles. The van der Waals surface area contributed by atoms with Gasteiger partial charge in [0.1, 0.15) is 11.2 Å². The third-order valence-corrected chi connectivity index (χ3v) is 5.53. The molecule has 4 heterocycles. The predicted octanol–water partition coefficient (Wildman–Crippen LogP) is 2.05. The molecule has 5 rings (SSSR count). The maximum atomic E-state index is 11.1. The second kappa shape index (κ2) is 7.78. The molecule has 1 aliphatic heterocycles. The molecular formula is C19H23N5O5. The molecule has 1 aliphatic carbocycles. The zero-order valence-corrected chi connectivity index (χ0v) is 16.3. The van der Waals surface area contributed by atoms with Crippen LogP contribution in [0.5, 0.6) is 0 Å². The molecule has 2 unspecified atom stereocenters. The summed E-state index contributed by atoms with van der Waals surface area (Å²) < 4.78 is 11.2. The van der Waals surface area contributed by atoms with Crippen LogP contribution in [0, 0.1) is 5.92 Å². The number of aryl methyl sites for hydroxylation is 1. The Balaban J connectivity index is 0.000000171. The molecule has 10 heteroatoms. The van der Waals surface area contributed by atoms with Crippen molar-refractivity contribution in [2.24, 2.45) is 13.0 Å². The van der Waals surface area contributed by atoms with E-state index >= 15 is 0 Å². The molecule has 3 aromatic rings. The number of ether oxygens (including phenoxy) is 1. The highest BCUT2D eigenvalue weighted by atomic mass is 16.5. The summed E-state index contributed by atoms with van der Waals surface area (Å²) in [7, 11) is 1.69. The highest BCUT2D eigenvalue weighted by Crippen LogP contribution is 2.44. The second-order valence-electron chi connectivity index (χ2n) is 7.58. The number of rotatable bonds is 3. The van der Waals surface area contributed by atoms with E-state index in [4.69, 9.17) is 9.84 Å². The second-order valence-corrected chi connectivity index (χ2v) is 7.58. The highest BCUT2D eigenvalue weighted by molar-refractivity contribution is 5.92. The van der Waals surface area contributed by atoms with Gasteiger partial charge in [0.05, 0.1) is 11.9 Å². The number of H-pyrrole nitrogens is 1. The molecule has 3 aromatic heterocycles. The molecule has 2 N–H and O–H groups in total. The number of hydrogen-bond acceptors (Lipinski definition) is 7. The number of aromatic amines is 1. The van der Waals surface area contributed by atoms with Crippen molar-refractivity contribution in [2.45, 2.75) is 38.0 Å². The number of carboxylic acid groups (broad SMARTS) is 1. The molecule has 0 radical (unpaired) electrons. The van der Waals surface area contributed by atoms with Crippen LogP contribution in [-0.2, 0) is 11.8 Å². The van der Waals surface area contributed by atoms with Gasteiger partial charge in [0, 0.05) is 32.1 Å². The molecular weight excluding hydrogens is 378 g/mol. The summed E-state index contributed by atoms with van der Waals surface area (Å²) in [5, 5.41) is 12.7. The zero-order chi connectivity index (χ0) is 20.5. The van der Waals surface area contributed by atoms with Crippen LogP contribution in [0.25, 0.3) is 11.2 Å². The standard InChI is InChI=1S/C13H15N3O3.C6H8N2O2/c1-16-11(13(17)18)6-9-12(16)14-7-10(15-9)8-2-4-19-5-3-8;1-3-2-4(3)5-7-6(9)10-8-5/h6-8H,2-5H2,1H3,(H,17,18);3-4H,2H2,1H3,(H,7,8,9). The lowest BCUT2D eigenvalue weighted by atomic mass is 9.97. The van der Waals surface area contributed by atoms with Gasteiger partial charge >= 0.3 is 11.7 Å². The minimum atomic E-state index is -0.963. The van der Waals surface area contributed by atoms with E-state index in [1.807, 2.05) is 0 Å². The normalized spacial score (nSPS) is 21.6. The number of aromatic carboxylic acids is 1. The number of nitrogens with one attached hydrogen (secondary N) is 1. The largest absolute Gasteiger partial charge is 0.477 e. The third-order valence-electron chi connectivity index (χ3n) is 5.53. The number of fused-ring (bicyclic) bond motifs is 1. The third kappa shape index (κ3) is 4.07. The van der Waals surface area contributed by atoms with Crippen molar-refractivity contribution in [1.29, 1.82) is 0 Å². The van der Waals surface area contributed by atoms with Gasteiger partial charge in [-0.25, -0.2) is 19.6 Å². The Morgan fingerprint density at radius 3 is 2.66 bits per heavy atom. The Kier molecular flexibility index (Phi) is 5.18. The molecule has 2 atom stereocenters. The maximum absolute atomic E-state index is 11.1. The van der Waals surface area contributed by atoms with E-state index in [-0.39, 0.29) is 5.69 Å². The minimum Gasteiger partial charge on any atom is -0.477 e. The summed E-state index contributed by atoms with van der Waals surface area (Å²) in [5.74, 6) is 0.743. The van der Waals surface area contributed by atoms with Crippen molar-refractivity contribution in [2.75, 3.05) is 13.2 Å². The van der Waals surface area contributed by atoms with Gasteiger partial charge in [-0.2, -0.15) is 0 Å². The molecule has 10 nitrogen and oxygen atoms in total. The fourth-order valence-electron chi connectivity index (χ4n) is 3.61. The quantitative estimate of drug-likeness (QED) is 0.680.